The van der Waals surface area contributed by atoms with E-state index in [1.54, 1.807) is 24.3 Å². The number of halogens is 1. The van der Waals surface area contributed by atoms with E-state index >= 15 is 0 Å². The van der Waals surface area contributed by atoms with E-state index in [2.05, 4.69) is 21.1 Å². The van der Waals surface area contributed by atoms with Gasteiger partial charge in [-0.05, 0) is 60.4 Å². The molecule has 106 valence electrons. The van der Waals surface area contributed by atoms with E-state index in [9.17, 15) is 4.79 Å². The van der Waals surface area contributed by atoms with Gasteiger partial charge in [-0.15, -0.1) is 0 Å². The highest BCUT2D eigenvalue weighted by Crippen LogP contribution is 2.27. The van der Waals surface area contributed by atoms with E-state index in [1.807, 2.05) is 19.1 Å². The highest BCUT2D eigenvalue weighted by Gasteiger charge is 2.09. The van der Waals surface area contributed by atoms with E-state index < -0.39 is 0 Å². The van der Waals surface area contributed by atoms with Crippen LogP contribution in [0, 0.1) is 6.92 Å². The first kappa shape index (κ1) is 13.9. The summed E-state index contributed by atoms with van der Waals surface area (Å²) in [6.45, 7) is 2.03. The molecular weight excluding hydrogens is 306 g/mol. The molecule has 3 rings (SSSR count). The van der Waals surface area contributed by atoms with Crippen LogP contribution in [0.4, 0.5) is 16.3 Å². The highest BCUT2D eigenvalue weighted by molar-refractivity contribution is 7.13. The molecule has 0 fully saturated rings. The first-order chi connectivity index (χ1) is 10.1. The van der Waals surface area contributed by atoms with Crippen molar-refractivity contribution in [3.05, 3.63) is 53.1 Å². The smallest absolute Gasteiger partial charge is 0.308 e. The molecule has 0 aliphatic carbocycles. The highest BCUT2D eigenvalue weighted by atomic mass is 35.5. The number of anilines is 2. The van der Waals surface area contributed by atoms with Gasteiger partial charge in [0.25, 0.3) is 0 Å². The van der Waals surface area contributed by atoms with Crippen molar-refractivity contribution in [1.29, 1.82) is 0 Å². The number of hydrogen-bond donors (Lipinski definition) is 2. The van der Waals surface area contributed by atoms with Gasteiger partial charge >= 0.3 is 6.03 Å². The van der Waals surface area contributed by atoms with Gasteiger partial charge in [0.1, 0.15) is 0 Å². The molecule has 21 heavy (non-hydrogen) atoms. The van der Waals surface area contributed by atoms with Crippen LogP contribution in [0.5, 0.6) is 0 Å². The maximum atomic E-state index is 12.0. The molecule has 2 amide bonds. The van der Waals surface area contributed by atoms with E-state index in [0.29, 0.717) is 16.5 Å². The fourth-order valence-electron chi connectivity index (χ4n) is 1.94. The normalized spacial score (nSPS) is 10.6. The summed E-state index contributed by atoms with van der Waals surface area (Å²) in [6, 6.07) is 12.6. The number of urea groups is 1. The molecule has 0 unspecified atom stereocenters. The van der Waals surface area contributed by atoms with E-state index in [-0.39, 0.29) is 6.03 Å². The number of aryl methyl sites for hydroxylation is 1. The van der Waals surface area contributed by atoms with Crippen molar-refractivity contribution in [2.75, 3.05) is 10.6 Å². The van der Waals surface area contributed by atoms with Crippen molar-refractivity contribution in [2.24, 2.45) is 0 Å². The van der Waals surface area contributed by atoms with E-state index in [4.69, 9.17) is 11.6 Å². The number of aromatic nitrogens is 1. The second-order valence-electron chi connectivity index (χ2n) is 4.62. The zero-order chi connectivity index (χ0) is 14.8. The Morgan fingerprint density at radius 2 is 1.90 bits per heavy atom. The Labute approximate surface area is 130 Å². The number of carbonyl (C=O) groups excluding carboxylic acids is 1. The number of amides is 2. The Hall–Kier alpha value is -2.11. The number of benzene rings is 2. The van der Waals surface area contributed by atoms with Gasteiger partial charge in [-0.2, -0.15) is 4.37 Å². The monoisotopic (exact) mass is 317 g/mol. The van der Waals surface area contributed by atoms with E-state index in [1.165, 1.54) is 17.1 Å². The van der Waals surface area contributed by atoms with Crippen LogP contribution in [0.15, 0.2) is 42.5 Å². The summed E-state index contributed by atoms with van der Waals surface area (Å²) in [5, 5.41) is 7.07. The molecule has 0 bridgehead atoms. The minimum Gasteiger partial charge on any atom is -0.308 e. The molecular formula is C15H12ClN3OS. The second-order valence-corrected chi connectivity index (χ2v) is 5.86. The summed E-state index contributed by atoms with van der Waals surface area (Å²) in [7, 11) is 0. The van der Waals surface area contributed by atoms with Crippen molar-refractivity contribution in [1.82, 2.24) is 4.37 Å². The van der Waals surface area contributed by atoms with Crippen LogP contribution in [-0.4, -0.2) is 10.4 Å². The summed E-state index contributed by atoms with van der Waals surface area (Å²) >= 11 is 7.17. The van der Waals surface area contributed by atoms with Crippen molar-refractivity contribution < 1.29 is 4.79 Å². The molecule has 0 saturated carbocycles. The van der Waals surface area contributed by atoms with Gasteiger partial charge < -0.3 is 5.32 Å². The van der Waals surface area contributed by atoms with Crippen LogP contribution in [0.3, 0.4) is 0 Å². The van der Waals surface area contributed by atoms with Crippen LogP contribution < -0.4 is 10.6 Å². The lowest BCUT2D eigenvalue weighted by atomic mass is 10.2. The topological polar surface area (TPSA) is 54.0 Å². The molecule has 0 aliphatic rings. The third-order valence-electron chi connectivity index (χ3n) is 2.96. The average Bonchev–Trinajstić information content (AvgIpc) is 2.83. The van der Waals surface area contributed by atoms with Crippen molar-refractivity contribution in [3.8, 4) is 0 Å². The van der Waals surface area contributed by atoms with E-state index in [0.717, 1.165) is 10.1 Å². The molecule has 4 nitrogen and oxygen atoms in total. The molecule has 2 N–H and O–H groups in total. The molecule has 1 aromatic heterocycles. The summed E-state index contributed by atoms with van der Waals surface area (Å²) in [6.07, 6.45) is 0. The first-order valence-corrected chi connectivity index (χ1v) is 7.46. The van der Waals surface area contributed by atoms with Crippen LogP contribution >= 0.6 is 23.1 Å². The maximum absolute atomic E-state index is 12.0. The molecule has 0 radical (unpaired) electrons. The van der Waals surface area contributed by atoms with Crippen LogP contribution in [-0.2, 0) is 0 Å². The summed E-state index contributed by atoms with van der Waals surface area (Å²) in [5.41, 5.74) is 1.84. The minimum atomic E-state index is -0.329. The molecule has 0 atom stereocenters. The molecule has 3 aromatic rings. The number of carbonyl (C=O) groups is 1. The molecule has 1 heterocycles. The number of nitrogens with one attached hydrogen (secondary N) is 2. The maximum Gasteiger partial charge on any atom is 0.324 e. The third-order valence-corrected chi connectivity index (χ3v) is 4.02. The zero-order valence-corrected chi connectivity index (χ0v) is 12.8. The van der Waals surface area contributed by atoms with Crippen LogP contribution in [0.25, 0.3) is 10.1 Å². The Balaban J connectivity index is 1.75. The van der Waals surface area contributed by atoms with Crippen molar-refractivity contribution in [3.63, 3.8) is 0 Å². The fraction of sp³-hybridized carbons (Fsp3) is 0.0667. The Morgan fingerprint density at radius 3 is 2.67 bits per heavy atom. The Kier molecular flexibility index (Phi) is 3.77. The van der Waals surface area contributed by atoms with Gasteiger partial charge in [0.05, 0.1) is 4.70 Å². The summed E-state index contributed by atoms with van der Waals surface area (Å²) in [4.78, 5) is 12.0. The number of hydrogen-bond acceptors (Lipinski definition) is 3. The van der Waals surface area contributed by atoms with Gasteiger partial charge in [0.15, 0.2) is 5.82 Å². The lowest BCUT2D eigenvalue weighted by molar-refractivity contribution is 0.262. The van der Waals surface area contributed by atoms with Gasteiger partial charge in [0.2, 0.25) is 0 Å². The predicted octanol–water partition coefficient (Wildman–Crippen LogP) is 4.90. The number of nitrogens with zero attached hydrogens (tertiary/aromatic N) is 1. The summed E-state index contributed by atoms with van der Waals surface area (Å²) < 4.78 is 5.33. The number of rotatable bonds is 2. The largest absolute Gasteiger partial charge is 0.324 e. The molecule has 2 aromatic carbocycles. The third kappa shape index (κ3) is 3.15. The molecule has 0 saturated heterocycles. The van der Waals surface area contributed by atoms with Gasteiger partial charge in [-0.25, -0.2) is 4.79 Å². The first-order valence-electron chi connectivity index (χ1n) is 6.31. The Morgan fingerprint density at radius 1 is 1.14 bits per heavy atom. The second kappa shape index (κ2) is 5.71. The lowest BCUT2D eigenvalue weighted by Gasteiger charge is -2.06. The zero-order valence-electron chi connectivity index (χ0n) is 11.2. The van der Waals surface area contributed by atoms with Crippen LogP contribution in [0.2, 0.25) is 5.02 Å². The fourth-order valence-corrected chi connectivity index (χ4v) is 2.90. The van der Waals surface area contributed by atoms with Gasteiger partial charge in [-0.3, -0.25) is 5.32 Å². The van der Waals surface area contributed by atoms with Crippen molar-refractivity contribution in [2.45, 2.75) is 6.92 Å². The van der Waals surface area contributed by atoms with Gasteiger partial charge in [0, 0.05) is 16.1 Å². The van der Waals surface area contributed by atoms with Gasteiger partial charge in [-0.1, -0.05) is 17.7 Å². The van der Waals surface area contributed by atoms with Crippen molar-refractivity contribution >= 4 is 50.8 Å². The van der Waals surface area contributed by atoms with Crippen LogP contribution in [0.1, 0.15) is 5.56 Å². The minimum absolute atomic E-state index is 0.329. The average molecular weight is 318 g/mol. The molecule has 0 aliphatic heterocycles. The lowest BCUT2D eigenvalue weighted by Crippen LogP contribution is -2.19. The molecule has 0 spiro atoms. The SMILES string of the molecule is Cc1ccc2c(NC(=O)Nc3ccc(Cl)cc3)nsc2c1. The standard InChI is InChI=1S/C15H12ClN3OS/c1-9-2-7-12-13(8-9)21-19-14(12)18-15(20)17-11-5-3-10(16)4-6-11/h2-8H,1H3,(H2,17,18,19,20). The quantitative estimate of drug-likeness (QED) is 0.706. The number of fused-ring (bicyclic) bond motifs is 1. The Bertz CT molecular complexity index is 798. The predicted molar refractivity (Wildman–Crippen MR) is 88.5 cm³/mol. The molecule has 6 heteroatoms. The summed E-state index contributed by atoms with van der Waals surface area (Å²) in [5.74, 6) is 0.571.